The summed E-state index contributed by atoms with van der Waals surface area (Å²) < 4.78 is 13.3. The quantitative estimate of drug-likeness (QED) is 0.650. The zero-order valence-corrected chi connectivity index (χ0v) is 8.32. The highest BCUT2D eigenvalue weighted by Crippen LogP contribution is 2.26. The summed E-state index contributed by atoms with van der Waals surface area (Å²) in [4.78, 5) is 4.36. The summed E-state index contributed by atoms with van der Waals surface area (Å²) in [7, 11) is 0. The largest absolute Gasteiger partial charge is 0.300 e. The van der Waals surface area contributed by atoms with Gasteiger partial charge in [-0.1, -0.05) is 17.7 Å². The first-order valence-electron chi connectivity index (χ1n) is 3.11. The molecule has 0 aromatic heterocycles. The lowest BCUT2D eigenvalue weighted by Crippen LogP contribution is -2.00. The van der Waals surface area contributed by atoms with Crippen LogP contribution in [-0.2, 0) is 11.4 Å². The van der Waals surface area contributed by atoms with Gasteiger partial charge in [-0.15, -0.1) is 0 Å². The summed E-state index contributed by atoms with van der Waals surface area (Å²) in [5.41, 5.74) is 0.624. The number of hydrogen-bond acceptors (Lipinski definition) is 2. The molecule has 0 aliphatic rings. The second kappa shape index (κ2) is 4.18. The third-order valence-corrected chi connectivity index (χ3v) is 2.50. The summed E-state index contributed by atoms with van der Waals surface area (Å²) in [6.07, 6.45) is 0. The number of nitrogens with two attached hydrogens (primary N) is 1. The minimum Gasteiger partial charge on any atom is -0.300 e. The Kier molecular flexibility index (Phi) is 3.46. The van der Waals surface area contributed by atoms with Crippen molar-refractivity contribution in [1.82, 2.24) is 0 Å². The third kappa shape index (κ3) is 1.95. The van der Waals surface area contributed by atoms with E-state index in [0.29, 0.717) is 10.0 Å². The fraction of sp³-hybridized carbons (Fsp3) is 0.143. The molecule has 0 bridgehead atoms. The van der Waals surface area contributed by atoms with Crippen LogP contribution in [0.1, 0.15) is 5.56 Å². The number of hydrogen-bond donors (Lipinski definition) is 1. The molecular formula is C7H6BrClFNO. The summed E-state index contributed by atoms with van der Waals surface area (Å²) >= 11 is 8.55. The molecule has 1 aromatic rings. The van der Waals surface area contributed by atoms with Crippen molar-refractivity contribution in [2.24, 2.45) is 5.90 Å². The molecule has 0 atom stereocenters. The molecule has 0 amide bonds. The lowest BCUT2D eigenvalue weighted by molar-refractivity contribution is 0.123. The van der Waals surface area contributed by atoms with Gasteiger partial charge in [0.05, 0.1) is 16.1 Å². The Hall–Kier alpha value is -0.160. The second-order valence-corrected chi connectivity index (χ2v) is 3.35. The van der Waals surface area contributed by atoms with Gasteiger partial charge in [0.15, 0.2) is 5.82 Å². The third-order valence-electron chi connectivity index (χ3n) is 1.35. The van der Waals surface area contributed by atoms with Crippen LogP contribution >= 0.6 is 27.5 Å². The molecule has 1 aromatic carbocycles. The average molecular weight is 254 g/mol. The molecule has 0 aliphatic carbocycles. The van der Waals surface area contributed by atoms with E-state index in [1.807, 2.05) is 0 Å². The molecule has 0 saturated heterocycles. The van der Waals surface area contributed by atoms with E-state index >= 15 is 0 Å². The Morgan fingerprint density at radius 1 is 1.58 bits per heavy atom. The Morgan fingerprint density at radius 2 is 2.25 bits per heavy atom. The van der Waals surface area contributed by atoms with Crippen molar-refractivity contribution in [3.63, 3.8) is 0 Å². The molecule has 66 valence electrons. The average Bonchev–Trinajstić information content (AvgIpc) is 2.07. The molecule has 0 unspecified atom stereocenters. The van der Waals surface area contributed by atoms with Gasteiger partial charge in [0.25, 0.3) is 0 Å². The molecular weight excluding hydrogens is 248 g/mol. The van der Waals surface area contributed by atoms with Gasteiger partial charge >= 0.3 is 0 Å². The van der Waals surface area contributed by atoms with Gasteiger partial charge in [0.2, 0.25) is 0 Å². The maximum Gasteiger partial charge on any atom is 0.156 e. The maximum absolute atomic E-state index is 13.0. The first-order valence-corrected chi connectivity index (χ1v) is 4.28. The van der Waals surface area contributed by atoms with Gasteiger partial charge in [0.1, 0.15) is 0 Å². The van der Waals surface area contributed by atoms with Crippen LogP contribution < -0.4 is 5.90 Å². The van der Waals surface area contributed by atoms with E-state index in [0.717, 1.165) is 0 Å². The van der Waals surface area contributed by atoms with Gasteiger partial charge in [0, 0.05) is 0 Å². The zero-order valence-electron chi connectivity index (χ0n) is 5.98. The fourth-order valence-electron chi connectivity index (χ4n) is 0.767. The van der Waals surface area contributed by atoms with Crippen LogP contribution in [0.3, 0.4) is 0 Å². The molecule has 0 saturated carbocycles. The zero-order chi connectivity index (χ0) is 9.14. The van der Waals surface area contributed by atoms with E-state index < -0.39 is 5.82 Å². The predicted octanol–water partition coefficient (Wildman–Crippen LogP) is 2.63. The van der Waals surface area contributed by atoms with E-state index in [4.69, 9.17) is 17.5 Å². The van der Waals surface area contributed by atoms with Crippen LogP contribution in [0.15, 0.2) is 16.6 Å². The van der Waals surface area contributed by atoms with Crippen molar-refractivity contribution in [1.29, 1.82) is 0 Å². The maximum atomic E-state index is 13.0. The normalized spacial score (nSPS) is 10.3. The second-order valence-electron chi connectivity index (χ2n) is 2.15. The lowest BCUT2D eigenvalue weighted by Gasteiger charge is -2.04. The molecule has 0 fully saturated rings. The van der Waals surface area contributed by atoms with Gasteiger partial charge in [-0.2, -0.15) is 0 Å². The highest BCUT2D eigenvalue weighted by Gasteiger charge is 2.08. The van der Waals surface area contributed by atoms with Crippen LogP contribution in [0.2, 0.25) is 5.02 Å². The van der Waals surface area contributed by atoms with E-state index in [1.54, 1.807) is 6.07 Å². The van der Waals surface area contributed by atoms with Gasteiger partial charge in [-0.3, -0.25) is 4.84 Å². The smallest absolute Gasteiger partial charge is 0.156 e. The lowest BCUT2D eigenvalue weighted by atomic mass is 10.2. The Labute approximate surface area is 82.5 Å². The topological polar surface area (TPSA) is 35.2 Å². The van der Waals surface area contributed by atoms with Crippen LogP contribution in [-0.4, -0.2) is 0 Å². The van der Waals surface area contributed by atoms with Gasteiger partial charge < -0.3 is 0 Å². The van der Waals surface area contributed by atoms with Crippen molar-refractivity contribution < 1.29 is 9.23 Å². The van der Waals surface area contributed by atoms with Crippen molar-refractivity contribution in [3.8, 4) is 0 Å². The molecule has 12 heavy (non-hydrogen) atoms. The van der Waals surface area contributed by atoms with Crippen LogP contribution in [0.4, 0.5) is 4.39 Å². The predicted molar refractivity (Wildman–Crippen MR) is 48.1 cm³/mol. The van der Waals surface area contributed by atoms with E-state index in [1.165, 1.54) is 6.07 Å². The monoisotopic (exact) mass is 253 g/mol. The molecule has 5 heteroatoms. The molecule has 0 aliphatic heterocycles. The number of rotatable bonds is 2. The molecule has 1 rings (SSSR count). The highest BCUT2D eigenvalue weighted by molar-refractivity contribution is 9.10. The van der Waals surface area contributed by atoms with Crippen molar-refractivity contribution in [2.45, 2.75) is 6.61 Å². The summed E-state index contributed by atoms with van der Waals surface area (Å²) in [5.74, 6) is 4.35. The number of halogens is 3. The molecule has 2 nitrogen and oxygen atoms in total. The van der Waals surface area contributed by atoms with Gasteiger partial charge in [-0.25, -0.2) is 10.3 Å². The highest BCUT2D eigenvalue weighted by atomic mass is 79.9. The Balaban J connectivity index is 3.08. The first-order chi connectivity index (χ1) is 5.66. The number of benzene rings is 1. The van der Waals surface area contributed by atoms with E-state index in [-0.39, 0.29) is 11.6 Å². The van der Waals surface area contributed by atoms with Crippen LogP contribution in [0.5, 0.6) is 0 Å². The van der Waals surface area contributed by atoms with Crippen molar-refractivity contribution in [2.75, 3.05) is 0 Å². The molecule has 0 spiro atoms. The Bertz CT molecular complexity index is 295. The molecule has 2 N–H and O–H groups in total. The summed E-state index contributed by atoms with van der Waals surface area (Å²) in [5, 5.41) is 0.0719. The van der Waals surface area contributed by atoms with Crippen LogP contribution in [0, 0.1) is 5.82 Å². The minimum atomic E-state index is -0.494. The standard InChI is InChI=1S/C7H6BrClFNO/c8-6-4(3-12-11)1-2-5(9)7(6)10/h1-2H,3,11H2. The van der Waals surface area contributed by atoms with Crippen molar-refractivity contribution >= 4 is 27.5 Å². The SMILES string of the molecule is NOCc1ccc(Cl)c(F)c1Br. The fourth-order valence-corrected chi connectivity index (χ4v) is 1.50. The molecule has 0 radical (unpaired) electrons. The summed E-state index contributed by atoms with van der Waals surface area (Å²) in [6, 6.07) is 3.10. The molecule has 0 heterocycles. The van der Waals surface area contributed by atoms with Crippen molar-refractivity contribution in [3.05, 3.63) is 33.0 Å². The van der Waals surface area contributed by atoms with Gasteiger partial charge in [-0.05, 0) is 27.6 Å². The Morgan fingerprint density at radius 3 is 2.83 bits per heavy atom. The minimum absolute atomic E-state index is 0.0719. The van der Waals surface area contributed by atoms with E-state index in [2.05, 4.69) is 20.8 Å². The first kappa shape index (κ1) is 9.92. The van der Waals surface area contributed by atoms with E-state index in [9.17, 15) is 4.39 Å². The van der Waals surface area contributed by atoms with Crippen LogP contribution in [0.25, 0.3) is 0 Å². The summed E-state index contributed by atoms with van der Waals surface area (Å²) in [6.45, 7) is 0.147.